The Labute approximate surface area is 171 Å². The molecule has 158 valence electrons. The number of hydrogen-bond donors (Lipinski definition) is 2. The van der Waals surface area contributed by atoms with Crippen LogP contribution in [0.4, 0.5) is 0 Å². The summed E-state index contributed by atoms with van der Waals surface area (Å²) < 4.78 is 0. The van der Waals surface area contributed by atoms with Gasteiger partial charge in [-0.25, -0.2) is 0 Å². The lowest BCUT2D eigenvalue weighted by Crippen LogP contribution is -2.50. The molecule has 0 saturated heterocycles. The van der Waals surface area contributed by atoms with Gasteiger partial charge in [-0.3, -0.25) is 4.79 Å². The highest BCUT2D eigenvalue weighted by atomic mass is 16.3. The Morgan fingerprint density at radius 3 is 2.50 bits per heavy atom. The highest BCUT2D eigenvalue weighted by Crippen LogP contribution is 2.74. The van der Waals surface area contributed by atoms with Crippen LogP contribution < -0.4 is 0 Å². The summed E-state index contributed by atoms with van der Waals surface area (Å²) in [7, 11) is 0. The molecule has 4 rings (SSSR count). The van der Waals surface area contributed by atoms with Crippen LogP contribution in [0.15, 0.2) is 11.6 Å². The molecule has 0 radical (unpaired) electrons. The van der Waals surface area contributed by atoms with Crippen molar-refractivity contribution in [3.05, 3.63) is 11.6 Å². The van der Waals surface area contributed by atoms with E-state index in [1.54, 1.807) is 5.57 Å². The lowest BCUT2D eigenvalue weighted by Gasteiger charge is -2.54. The average molecular weight is 389 g/mol. The van der Waals surface area contributed by atoms with Crippen molar-refractivity contribution in [3.63, 3.8) is 0 Å². The molecule has 2 N–H and O–H groups in total. The Morgan fingerprint density at radius 1 is 1.18 bits per heavy atom. The zero-order valence-corrected chi connectivity index (χ0v) is 18.7. The van der Waals surface area contributed by atoms with Crippen LogP contribution in [0, 0.1) is 39.9 Å². The number of allylic oxidation sites excluding steroid dienone is 2. The molecule has 0 aliphatic heterocycles. The molecule has 3 heteroatoms. The second-order valence-corrected chi connectivity index (χ2v) is 11.9. The van der Waals surface area contributed by atoms with Gasteiger partial charge in [0, 0.05) is 0 Å². The van der Waals surface area contributed by atoms with Crippen molar-refractivity contribution >= 4 is 5.78 Å². The number of aliphatic hydroxyl groups excluding tert-OH is 1. The van der Waals surface area contributed by atoms with Crippen LogP contribution in [0.5, 0.6) is 0 Å². The summed E-state index contributed by atoms with van der Waals surface area (Å²) in [5.41, 5.74) is 0.767. The fourth-order valence-corrected chi connectivity index (χ4v) is 8.49. The van der Waals surface area contributed by atoms with E-state index in [1.807, 2.05) is 0 Å². The second kappa shape index (κ2) is 6.17. The van der Waals surface area contributed by atoms with Crippen molar-refractivity contribution < 1.29 is 15.0 Å². The largest absolute Gasteiger partial charge is 0.385 e. The van der Waals surface area contributed by atoms with Gasteiger partial charge >= 0.3 is 0 Å². The van der Waals surface area contributed by atoms with Crippen LogP contribution in [0.2, 0.25) is 0 Å². The smallest absolute Gasteiger partial charge is 0.192 e. The van der Waals surface area contributed by atoms with E-state index in [1.165, 1.54) is 39.5 Å². The third-order valence-corrected chi connectivity index (χ3v) is 9.66. The Morgan fingerprint density at radius 2 is 1.86 bits per heavy atom. The molecule has 3 fully saturated rings. The highest BCUT2D eigenvalue weighted by Gasteiger charge is 2.67. The molecule has 0 bridgehead atoms. The monoisotopic (exact) mass is 388 g/mol. The summed E-state index contributed by atoms with van der Waals surface area (Å²) in [6.07, 6.45) is 9.51. The van der Waals surface area contributed by atoms with Gasteiger partial charge in [-0.1, -0.05) is 39.3 Å². The van der Waals surface area contributed by atoms with Crippen molar-refractivity contribution in [2.45, 2.75) is 98.2 Å². The van der Waals surface area contributed by atoms with Crippen LogP contribution in [-0.2, 0) is 4.79 Å². The Hall–Kier alpha value is -0.670. The number of ketones is 1. The van der Waals surface area contributed by atoms with Gasteiger partial charge in [0.05, 0.1) is 0 Å². The number of carbonyl (C=O) groups is 1. The standard InChI is InChI=1S/C25H40O3/c1-15-9-10-25-16(2)7-8-17(25)20-23(5,13-18(15)25)11-12-24(20,6)14-19(26)21(27)22(3,4)28/h13,15-17,19-20,26,28H,7-12,14H2,1-6H3/t15-,16-,17-,19-,20-,23+,24+,25-/m0/s1. The maximum absolute atomic E-state index is 12.5. The van der Waals surface area contributed by atoms with E-state index in [4.69, 9.17) is 0 Å². The second-order valence-electron chi connectivity index (χ2n) is 11.9. The van der Waals surface area contributed by atoms with Crippen molar-refractivity contribution in [2.75, 3.05) is 0 Å². The van der Waals surface area contributed by atoms with E-state index in [-0.39, 0.29) is 10.8 Å². The predicted octanol–water partition coefficient (Wildman–Crippen LogP) is 4.90. The molecule has 0 amide bonds. The lowest BCUT2D eigenvalue weighted by atomic mass is 9.50. The van der Waals surface area contributed by atoms with Gasteiger partial charge in [0.1, 0.15) is 11.7 Å². The van der Waals surface area contributed by atoms with Crippen LogP contribution in [0.1, 0.15) is 86.5 Å². The van der Waals surface area contributed by atoms with Crippen LogP contribution in [0.3, 0.4) is 0 Å². The highest BCUT2D eigenvalue weighted by molar-refractivity contribution is 5.90. The molecule has 4 aliphatic rings. The molecular formula is C25H40O3. The molecule has 3 nitrogen and oxygen atoms in total. The van der Waals surface area contributed by atoms with Crippen LogP contribution in [-0.4, -0.2) is 27.7 Å². The molecule has 0 aromatic carbocycles. The molecule has 28 heavy (non-hydrogen) atoms. The minimum Gasteiger partial charge on any atom is -0.385 e. The van der Waals surface area contributed by atoms with E-state index < -0.39 is 17.5 Å². The van der Waals surface area contributed by atoms with Gasteiger partial charge in [-0.15, -0.1) is 0 Å². The number of carbonyl (C=O) groups excluding carboxylic acids is 1. The van der Waals surface area contributed by atoms with Crippen molar-refractivity contribution in [2.24, 2.45) is 39.9 Å². The maximum Gasteiger partial charge on any atom is 0.192 e. The van der Waals surface area contributed by atoms with E-state index in [0.717, 1.165) is 18.8 Å². The fourth-order valence-electron chi connectivity index (χ4n) is 8.49. The third-order valence-electron chi connectivity index (χ3n) is 9.66. The van der Waals surface area contributed by atoms with Crippen molar-refractivity contribution in [3.8, 4) is 0 Å². The van der Waals surface area contributed by atoms with Gasteiger partial charge in [0.25, 0.3) is 0 Å². The molecule has 8 atom stereocenters. The Kier molecular flexibility index (Phi) is 4.54. The topological polar surface area (TPSA) is 57.5 Å². The molecule has 4 aliphatic carbocycles. The number of fused-ring (bicyclic) bond motifs is 2. The van der Waals surface area contributed by atoms with Crippen molar-refractivity contribution in [1.29, 1.82) is 0 Å². The first kappa shape index (κ1) is 20.6. The third kappa shape index (κ3) is 2.64. The zero-order chi connectivity index (χ0) is 20.7. The van der Waals surface area contributed by atoms with Crippen LogP contribution >= 0.6 is 0 Å². The van der Waals surface area contributed by atoms with Crippen molar-refractivity contribution in [1.82, 2.24) is 0 Å². The van der Waals surface area contributed by atoms with Gasteiger partial charge in [0.2, 0.25) is 0 Å². The first-order valence-electron chi connectivity index (χ1n) is 11.5. The average Bonchev–Trinajstić information content (AvgIpc) is 3.18. The molecule has 0 aromatic heterocycles. The first-order valence-corrected chi connectivity index (χ1v) is 11.5. The number of Topliss-reactive ketones (excluding diaryl/α,β-unsaturated/α-hetero) is 1. The summed E-state index contributed by atoms with van der Waals surface area (Å²) in [6.45, 7) is 12.6. The summed E-state index contributed by atoms with van der Waals surface area (Å²) in [5.74, 6) is 2.21. The maximum atomic E-state index is 12.5. The number of aliphatic hydroxyl groups is 2. The molecule has 3 saturated carbocycles. The molecule has 1 spiro atoms. The summed E-state index contributed by atoms with van der Waals surface area (Å²) in [5, 5.41) is 20.9. The first-order chi connectivity index (χ1) is 12.9. The predicted molar refractivity (Wildman–Crippen MR) is 112 cm³/mol. The number of rotatable bonds is 4. The van der Waals surface area contributed by atoms with Gasteiger partial charge in [-0.2, -0.15) is 0 Å². The van der Waals surface area contributed by atoms with Gasteiger partial charge in [0.15, 0.2) is 5.78 Å². The number of hydrogen-bond acceptors (Lipinski definition) is 3. The summed E-state index contributed by atoms with van der Waals surface area (Å²) in [4.78, 5) is 12.5. The quantitative estimate of drug-likeness (QED) is 0.673. The minimum atomic E-state index is -1.47. The van der Waals surface area contributed by atoms with E-state index in [2.05, 4.69) is 33.8 Å². The van der Waals surface area contributed by atoms with Crippen LogP contribution in [0.25, 0.3) is 0 Å². The molecular weight excluding hydrogens is 348 g/mol. The van der Waals surface area contributed by atoms with E-state index in [0.29, 0.717) is 29.6 Å². The van der Waals surface area contributed by atoms with E-state index >= 15 is 0 Å². The van der Waals surface area contributed by atoms with Gasteiger partial charge < -0.3 is 10.2 Å². The normalized spacial score (nSPS) is 48.6. The summed E-state index contributed by atoms with van der Waals surface area (Å²) in [6, 6.07) is 0. The van der Waals surface area contributed by atoms with Gasteiger partial charge in [-0.05, 0) is 98.7 Å². The molecule has 0 aromatic rings. The van der Waals surface area contributed by atoms with E-state index in [9.17, 15) is 15.0 Å². The summed E-state index contributed by atoms with van der Waals surface area (Å²) >= 11 is 0. The molecule has 0 heterocycles. The Bertz CT molecular complexity index is 703. The fraction of sp³-hybridized carbons (Fsp3) is 0.880. The zero-order valence-electron chi connectivity index (χ0n) is 18.7. The molecule has 0 unspecified atom stereocenters. The lowest BCUT2D eigenvalue weighted by molar-refractivity contribution is -0.145. The SMILES string of the molecule is C[C@H]1CC[C@@]23C1=C[C@@]1(C)CC[C@](C)(C[C@H](O)C(=O)C(C)(C)O)[C@H]1[C@@H]2CC[C@@H]3C. The minimum absolute atomic E-state index is 0.0509. The Balaban J connectivity index is 1.72.